The Kier molecular flexibility index (Phi) is 7.46. The fraction of sp³-hybridized carbons (Fsp3) is 0. The van der Waals surface area contributed by atoms with Crippen LogP contribution in [0.2, 0.25) is 0 Å². The number of benzene rings is 8. The molecule has 0 atom stereocenters. The van der Waals surface area contributed by atoms with Crippen LogP contribution in [0.15, 0.2) is 206 Å². The molecule has 8 aromatic carbocycles. The number of hydrogen-bond acceptors (Lipinski definition) is 2. The van der Waals surface area contributed by atoms with Gasteiger partial charge in [-0.2, -0.15) is 0 Å². The number of fused-ring (bicyclic) bond motifs is 6. The lowest BCUT2D eigenvalue weighted by molar-refractivity contribution is 1.11. The van der Waals surface area contributed by atoms with E-state index in [1.54, 1.807) is 0 Å². The zero-order valence-electron chi connectivity index (χ0n) is 30.4. The third-order valence-electron chi connectivity index (χ3n) is 10.9. The van der Waals surface area contributed by atoms with Crippen molar-refractivity contribution in [1.29, 1.82) is 0 Å². The van der Waals surface area contributed by atoms with Gasteiger partial charge in [0, 0.05) is 38.7 Å². The summed E-state index contributed by atoms with van der Waals surface area (Å²) in [7, 11) is 0. The Labute approximate surface area is 324 Å². The highest BCUT2D eigenvalue weighted by Gasteiger charge is 2.22. The molecule has 4 nitrogen and oxygen atoms in total. The summed E-state index contributed by atoms with van der Waals surface area (Å²) in [6.07, 6.45) is 0. The van der Waals surface area contributed by atoms with Crippen LogP contribution in [0.1, 0.15) is 0 Å². The summed E-state index contributed by atoms with van der Waals surface area (Å²) in [5, 5.41) is 4.61. The fourth-order valence-corrected chi connectivity index (χ4v) is 8.37. The molecule has 0 amide bonds. The van der Waals surface area contributed by atoms with Crippen molar-refractivity contribution in [3.63, 3.8) is 0 Å². The van der Waals surface area contributed by atoms with E-state index in [1.165, 1.54) is 32.9 Å². The van der Waals surface area contributed by atoms with Crippen LogP contribution in [-0.2, 0) is 0 Å². The zero-order valence-corrected chi connectivity index (χ0v) is 30.4. The van der Waals surface area contributed by atoms with Crippen molar-refractivity contribution in [2.45, 2.75) is 0 Å². The molecule has 0 spiro atoms. The molecule has 0 bridgehead atoms. The Morgan fingerprint density at radius 3 is 1.45 bits per heavy atom. The molecule has 0 aliphatic heterocycles. The quantitative estimate of drug-likeness (QED) is 0.172. The van der Waals surface area contributed by atoms with Gasteiger partial charge in [0.05, 0.1) is 27.6 Å². The van der Waals surface area contributed by atoms with Crippen LogP contribution >= 0.6 is 0 Å². The molecule has 262 valence electrons. The van der Waals surface area contributed by atoms with Gasteiger partial charge in [-0.25, -0.2) is 9.97 Å². The van der Waals surface area contributed by atoms with E-state index < -0.39 is 0 Å². The first-order valence-corrected chi connectivity index (χ1v) is 19.0. The maximum absolute atomic E-state index is 5.51. The highest BCUT2D eigenvalue weighted by atomic mass is 15.1. The summed E-state index contributed by atoms with van der Waals surface area (Å²) in [6.45, 7) is 0. The van der Waals surface area contributed by atoms with Gasteiger partial charge in [0.25, 0.3) is 0 Å². The zero-order chi connectivity index (χ0) is 37.0. The lowest BCUT2D eigenvalue weighted by Crippen LogP contribution is -2.00. The van der Waals surface area contributed by atoms with Crippen molar-refractivity contribution in [3.05, 3.63) is 206 Å². The molecule has 0 aliphatic rings. The van der Waals surface area contributed by atoms with Gasteiger partial charge < -0.3 is 4.57 Å². The highest BCUT2D eigenvalue weighted by molar-refractivity contribution is 6.14. The summed E-state index contributed by atoms with van der Waals surface area (Å²) in [4.78, 5) is 11.0. The van der Waals surface area contributed by atoms with Crippen molar-refractivity contribution in [3.8, 4) is 56.3 Å². The Bertz CT molecular complexity index is 3190. The van der Waals surface area contributed by atoms with E-state index in [2.05, 4.69) is 215 Å². The van der Waals surface area contributed by atoms with Gasteiger partial charge in [-0.05, 0) is 76.9 Å². The van der Waals surface area contributed by atoms with Crippen LogP contribution in [0.4, 0.5) is 0 Å². The summed E-state index contributed by atoms with van der Waals surface area (Å²) >= 11 is 0. The molecule has 11 aromatic rings. The minimum absolute atomic E-state index is 0.673. The molecule has 0 radical (unpaired) electrons. The number of aromatic nitrogens is 4. The van der Waals surface area contributed by atoms with E-state index in [0.717, 1.165) is 61.3 Å². The molecule has 0 N–H and O–H groups in total. The fourth-order valence-electron chi connectivity index (χ4n) is 8.37. The molecular formula is C52H34N4. The Morgan fingerprint density at radius 1 is 0.304 bits per heavy atom. The molecule has 0 saturated carbocycles. The number of rotatable bonds is 6. The van der Waals surface area contributed by atoms with Gasteiger partial charge in [-0.1, -0.05) is 152 Å². The van der Waals surface area contributed by atoms with Gasteiger partial charge in [-0.3, -0.25) is 4.57 Å². The first-order chi connectivity index (χ1) is 27.8. The van der Waals surface area contributed by atoms with E-state index >= 15 is 0 Å². The van der Waals surface area contributed by atoms with E-state index in [4.69, 9.17) is 9.97 Å². The van der Waals surface area contributed by atoms with Gasteiger partial charge in [0.2, 0.25) is 0 Å². The number of hydrogen-bond donors (Lipinski definition) is 0. The molecule has 0 saturated heterocycles. The van der Waals surface area contributed by atoms with Crippen LogP contribution in [-0.4, -0.2) is 19.1 Å². The van der Waals surface area contributed by atoms with Gasteiger partial charge >= 0.3 is 0 Å². The van der Waals surface area contributed by atoms with Crippen molar-refractivity contribution >= 4 is 43.7 Å². The van der Waals surface area contributed by atoms with Crippen LogP contribution in [0.5, 0.6) is 0 Å². The third-order valence-corrected chi connectivity index (χ3v) is 10.9. The smallest absolute Gasteiger partial charge is 0.162 e. The average Bonchev–Trinajstić information content (AvgIpc) is 3.80. The topological polar surface area (TPSA) is 35.6 Å². The second kappa shape index (κ2) is 13.1. The van der Waals surface area contributed by atoms with Crippen LogP contribution < -0.4 is 0 Å². The molecule has 3 heterocycles. The van der Waals surface area contributed by atoms with Gasteiger partial charge in [0.1, 0.15) is 5.65 Å². The predicted molar refractivity (Wildman–Crippen MR) is 232 cm³/mol. The maximum Gasteiger partial charge on any atom is 0.162 e. The maximum atomic E-state index is 5.51. The van der Waals surface area contributed by atoms with E-state index in [-0.39, 0.29) is 0 Å². The Morgan fingerprint density at radius 2 is 0.768 bits per heavy atom. The van der Waals surface area contributed by atoms with E-state index in [1.807, 2.05) is 0 Å². The van der Waals surface area contributed by atoms with E-state index in [9.17, 15) is 0 Å². The largest absolute Gasteiger partial charge is 0.309 e. The lowest BCUT2D eigenvalue weighted by atomic mass is 9.96. The second-order valence-corrected chi connectivity index (χ2v) is 14.2. The molecule has 11 rings (SSSR count). The van der Waals surface area contributed by atoms with Gasteiger partial charge in [0.15, 0.2) is 5.82 Å². The standard InChI is InChI=1S/C52H34N4/c1-3-16-35(17-4-1)36-18-13-19-37(32-36)38-20-14-21-39(33-38)50-49-45-28-9-12-31-48(45)56(41-23-5-2-6-24-41)52(49)54-51(53-50)40-22-15-25-42(34-40)55-46-29-10-7-26-43(46)44-27-8-11-30-47(44)55/h1-34H. The Hall–Kier alpha value is -7.56. The van der Waals surface area contributed by atoms with Gasteiger partial charge in [-0.15, -0.1) is 0 Å². The molecule has 0 fully saturated rings. The average molecular weight is 715 g/mol. The van der Waals surface area contributed by atoms with Crippen molar-refractivity contribution < 1.29 is 0 Å². The first-order valence-electron chi connectivity index (χ1n) is 19.0. The monoisotopic (exact) mass is 714 g/mol. The molecule has 0 aliphatic carbocycles. The lowest BCUT2D eigenvalue weighted by Gasteiger charge is -2.13. The number of para-hydroxylation sites is 4. The molecular weight excluding hydrogens is 681 g/mol. The minimum Gasteiger partial charge on any atom is -0.309 e. The highest BCUT2D eigenvalue weighted by Crippen LogP contribution is 2.40. The second-order valence-electron chi connectivity index (χ2n) is 14.2. The van der Waals surface area contributed by atoms with Crippen LogP contribution in [0.25, 0.3) is 100 Å². The normalized spacial score (nSPS) is 11.6. The number of nitrogens with zero attached hydrogens (tertiary/aromatic N) is 4. The van der Waals surface area contributed by atoms with Crippen molar-refractivity contribution in [1.82, 2.24) is 19.1 Å². The minimum atomic E-state index is 0.673. The summed E-state index contributed by atoms with van der Waals surface area (Å²) in [5.41, 5.74) is 14.0. The molecule has 56 heavy (non-hydrogen) atoms. The SMILES string of the molecule is c1ccc(-c2cccc(-c3cccc(-c4nc(-c5cccc(-n6c7ccccc7c7ccccc76)c5)nc5c4c4ccccc4n5-c4ccccc4)c3)c2)cc1. The van der Waals surface area contributed by atoms with Crippen molar-refractivity contribution in [2.75, 3.05) is 0 Å². The molecule has 4 heteroatoms. The summed E-state index contributed by atoms with van der Waals surface area (Å²) in [5.74, 6) is 0.673. The Balaban J connectivity index is 1.15. The van der Waals surface area contributed by atoms with E-state index in [0.29, 0.717) is 5.82 Å². The third kappa shape index (κ3) is 5.23. The summed E-state index contributed by atoms with van der Waals surface area (Å²) < 4.78 is 4.63. The molecule has 0 unspecified atom stereocenters. The van der Waals surface area contributed by atoms with Crippen LogP contribution in [0, 0.1) is 0 Å². The molecule has 3 aromatic heterocycles. The van der Waals surface area contributed by atoms with Crippen molar-refractivity contribution in [2.24, 2.45) is 0 Å². The van der Waals surface area contributed by atoms with Crippen LogP contribution in [0.3, 0.4) is 0 Å². The predicted octanol–water partition coefficient (Wildman–Crippen LogP) is 13.3. The first kappa shape index (κ1) is 31.9. The summed E-state index contributed by atoms with van der Waals surface area (Å²) in [6, 6.07) is 73.1.